The van der Waals surface area contributed by atoms with Crippen molar-refractivity contribution in [2.45, 2.75) is 19.2 Å². The minimum atomic E-state index is -4.47. The number of carbonyl (C=O) groups excluding carboxylic acids is 1. The molecule has 1 unspecified atom stereocenters. The number of hydrogen-bond donors (Lipinski definition) is 1. The number of nitrogens with zero attached hydrogens (tertiary/aromatic N) is 1. The molecular weight excluding hydrogens is 285 g/mol. The molecule has 116 valence electrons. The van der Waals surface area contributed by atoms with Gasteiger partial charge in [0.1, 0.15) is 0 Å². The third kappa shape index (κ3) is 3.47. The summed E-state index contributed by atoms with van der Waals surface area (Å²) < 4.78 is 43.8. The van der Waals surface area contributed by atoms with Crippen molar-refractivity contribution >= 4 is 11.6 Å². The molecule has 0 saturated carbocycles. The van der Waals surface area contributed by atoms with Gasteiger partial charge in [0.2, 0.25) is 0 Å². The molecule has 1 amide bonds. The van der Waals surface area contributed by atoms with Crippen molar-refractivity contribution in [2.24, 2.45) is 0 Å². The molecule has 1 aliphatic rings. The highest BCUT2D eigenvalue weighted by Gasteiger charge is 2.33. The van der Waals surface area contributed by atoms with Gasteiger partial charge in [-0.15, -0.1) is 0 Å². The lowest BCUT2D eigenvalue weighted by Gasteiger charge is -2.31. The molecule has 1 fully saturated rings. The topological polar surface area (TPSA) is 41.6 Å². The van der Waals surface area contributed by atoms with Gasteiger partial charge in [0, 0.05) is 25.8 Å². The molecule has 2 rings (SSSR count). The van der Waals surface area contributed by atoms with Gasteiger partial charge in [0.15, 0.2) is 0 Å². The van der Waals surface area contributed by atoms with Gasteiger partial charge in [-0.25, -0.2) is 0 Å². The van der Waals surface area contributed by atoms with E-state index in [1.165, 1.54) is 11.0 Å². The summed E-state index contributed by atoms with van der Waals surface area (Å²) in [5.74, 6) is -0.416. The molecule has 0 aromatic heterocycles. The molecule has 0 bridgehead atoms. The second-order valence-electron chi connectivity index (χ2n) is 4.94. The summed E-state index contributed by atoms with van der Waals surface area (Å²) in [7, 11) is 1.57. The average Bonchev–Trinajstić information content (AvgIpc) is 2.44. The highest BCUT2D eigenvalue weighted by atomic mass is 19.4. The van der Waals surface area contributed by atoms with E-state index >= 15 is 0 Å². The van der Waals surface area contributed by atoms with Crippen LogP contribution in [-0.2, 0) is 10.9 Å². The Bertz CT molecular complexity index is 531. The normalized spacial score (nSPS) is 19.5. The van der Waals surface area contributed by atoms with Crippen LogP contribution in [0.4, 0.5) is 18.9 Å². The zero-order valence-electron chi connectivity index (χ0n) is 11.8. The second-order valence-corrected chi connectivity index (χ2v) is 4.94. The van der Waals surface area contributed by atoms with Crippen LogP contribution in [0.2, 0.25) is 0 Å². The summed E-state index contributed by atoms with van der Waals surface area (Å²) in [6, 6.07) is 3.14. The van der Waals surface area contributed by atoms with Gasteiger partial charge in [-0.05, 0) is 25.1 Å². The first-order chi connectivity index (χ1) is 9.82. The number of hydrogen-bond acceptors (Lipinski definition) is 3. The summed E-state index contributed by atoms with van der Waals surface area (Å²) in [5.41, 5.74) is -0.417. The van der Waals surface area contributed by atoms with E-state index in [4.69, 9.17) is 4.74 Å². The van der Waals surface area contributed by atoms with Gasteiger partial charge in [0.25, 0.3) is 5.91 Å². The molecule has 1 saturated heterocycles. The van der Waals surface area contributed by atoms with Crippen LogP contribution in [0.15, 0.2) is 18.2 Å². The SMILES string of the molecule is CNc1ccc(C(F)(F)F)cc1C(=O)N1CCOC(C)C1. The van der Waals surface area contributed by atoms with E-state index in [1.807, 2.05) is 6.92 Å². The predicted octanol–water partition coefficient (Wildman–Crippen LogP) is 2.61. The quantitative estimate of drug-likeness (QED) is 0.913. The first kappa shape index (κ1) is 15.6. The summed E-state index contributed by atoms with van der Waals surface area (Å²) in [6.07, 6.45) is -4.59. The Balaban J connectivity index is 2.34. The summed E-state index contributed by atoms with van der Waals surface area (Å²) in [6.45, 7) is 2.96. The minimum absolute atomic E-state index is 0.0291. The number of rotatable bonds is 2. The Morgan fingerprint density at radius 1 is 1.43 bits per heavy atom. The molecule has 0 spiro atoms. The van der Waals surface area contributed by atoms with Crippen molar-refractivity contribution < 1.29 is 22.7 Å². The Morgan fingerprint density at radius 3 is 2.71 bits per heavy atom. The van der Waals surface area contributed by atoms with Crippen molar-refractivity contribution in [3.05, 3.63) is 29.3 Å². The number of ether oxygens (including phenoxy) is 1. The number of alkyl halides is 3. The zero-order chi connectivity index (χ0) is 15.6. The van der Waals surface area contributed by atoms with Crippen LogP contribution in [0.3, 0.4) is 0 Å². The van der Waals surface area contributed by atoms with Crippen LogP contribution in [0, 0.1) is 0 Å². The van der Waals surface area contributed by atoms with Crippen LogP contribution in [-0.4, -0.2) is 43.7 Å². The Morgan fingerprint density at radius 2 is 2.14 bits per heavy atom. The van der Waals surface area contributed by atoms with Crippen molar-refractivity contribution in [1.29, 1.82) is 0 Å². The van der Waals surface area contributed by atoms with E-state index in [1.54, 1.807) is 7.05 Å². The van der Waals surface area contributed by atoms with E-state index in [9.17, 15) is 18.0 Å². The van der Waals surface area contributed by atoms with Gasteiger partial charge in [-0.3, -0.25) is 4.79 Å². The molecule has 1 aliphatic heterocycles. The molecule has 1 N–H and O–H groups in total. The van der Waals surface area contributed by atoms with Crippen LogP contribution in [0.1, 0.15) is 22.8 Å². The number of amides is 1. The fourth-order valence-electron chi connectivity index (χ4n) is 2.29. The summed E-state index contributed by atoms with van der Waals surface area (Å²) in [5, 5.41) is 2.76. The lowest BCUT2D eigenvalue weighted by molar-refractivity contribution is -0.137. The Kier molecular flexibility index (Phi) is 4.41. The highest BCUT2D eigenvalue weighted by Crippen LogP contribution is 2.32. The molecule has 1 heterocycles. The fourth-order valence-corrected chi connectivity index (χ4v) is 2.29. The van der Waals surface area contributed by atoms with E-state index in [0.717, 1.165) is 12.1 Å². The van der Waals surface area contributed by atoms with Gasteiger partial charge < -0.3 is 15.0 Å². The lowest BCUT2D eigenvalue weighted by atomic mass is 10.1. The maximum Gasteiger partial charge on any atom is 0.416 e. The van der Waals surface area contributed by atoms with Crippen molar-refractivity contribution in [1.82, 2.24) is 4.90 Å². The average molecular weight is 302 g/mol. The van der Waals surface area contributed by atoms with Crippen molar-refractivity contribution in [2.75, 3.05) is 32.1 Å². The minimum Gasteiger partial charge on any atom is -0.387 e. The molecule has 7 heteroatoms. The maximum absolute atomic E-state index is 12.8. The first-order valence-electron chi connectivity index (χ1n) is 6.63. The lowest BCUT2D eigenvalue weighted by Crippen LogP contribution is -2.44. The molecule has 21 heavy (non-hydrogen) atoms. The largest absolute Gasteiger partial charge is 0.416 e. The predicted molar refractivity (Wildman–Crippen MR) is 72.3 cm³/mol. The van der Waals surface area contributed by atoms with Gasteiger partial charge in [-0.2, -0.15) is 13.2 Å². The fraction of sp³-hybridized carbons (Fsp3) is 0.500. The molecule has 4 nitrogen and oxygen atoms in total. The number of carbonyl (C=O) groups is 1. The third-order valence-corrected chi connectivity index (χ3v) is 3.37. The molecule has 1 atom stereocenters. The van der Waals surface area contributed by atoms with Crippen LogP contribution >= 0.6 is 0 Å². The number of halogens is 3. The third-order valence-electron chi connectivity index (χ3n) is 3.37. The van der Waals surface area contributed by atoms with E-state index in [0.29, 0.717) is 25.4 Å². The van der Waals surface area contributed by atoms with Crippen LogP contribution in [0.5, 0.6) is 0 Å². The van der Waals surface area contributed by atoms with Gasteiger partial charge >= 0.3 is 6.18 Å². The molecule has 0 radical (unpaired) electrons. The van der Waals surface area contributed by atoms with Gasteiger partial charge in [0.05, 0.1) is 23.8 Å². The summed E-state index contributed by atoms with van der Waals surface area (Å²) >= 11 is 0. The monoisotopic (exact) mass is 302 g/mol. The van der Waals surface area contributed by atoms with E-state index in [2.05, 4.69) is 5.32 Å². The van der Waals surface area contributed by atoms with E-state index < -0.39 is 17.6 Å². The highest BCUT2D eigenvalue weighted by molar-refractivity contribution is 6.00. The van der Waals surface area contributed by atoms with Crippen LogP contribution in [0.25, 0.3) is 0 Å². The Labute approximate surface area is 120 Å². The zero-order valence-corrected chi connectivity index (χ0v) is 11.8. The molecule has 1 aromatic carbocycles. The standard InChI is InChI=1S/C14H17F3N2O2/c1-9-8-19(5-6-21-9)13(20)11-7-10(14(15,16)17)3-4-12(11)18-2/h3-4,7,9,18H,5-6,8H2,1-2H3. The molecule has 0 aliphatic carbocycles. The Hall–Kier alpha value is -1.76. The summed E-state index contributed by atoms with van der Waals surface area (Å²) in [4.78, 5) is 14.0. The van der Waals surface area contributed by atoms with Crippen molar-refractivity contribution in [3.63, 3.8) is 0 Å². The number of anilines is 1. The van der Waals surface area contributed by atoms with Gasteiger partial charge in [-0.1, -0.05) is 0 Å². The second kappa shape index (κ2) is 5.93. The van der Waals surface area contributed by atoms with E-state index in [-0.39, 0.29) is 11.7 Å². The molecular formula is C14H17F3N2O2. The smallest absolute Gasteiger partial charge is 0.387 e. The first-order valence-corrected chi connectivity index (χ1v) is 6.63. The number of morpholine rings is 1. The number of benzene rings is 1. The van der Waals surface area contributed by atoms with Crippen molar-refractivity contribution in [3.8, 4) is 0 Å². The number of nitrogens with one attached hydrogen (secondary N) is 1. The molecule has 1 aromatic rings. The van der Waals surface area contributed by atoms with Crippen LogP contribution < -0.4 is 5.32 Å². The maximum atomic E-state index is 12.8.